The molecule has 0 spiro atoms. The van der Waals surface area contributed by atoms with Gasteiger partial charge in [0.25, 0.3) is 0 Å². The zero-order valence-corrected chi connectivity index (χ0v) is 11.5. The molecule has 1 rings (SSSR count). The van der Waals surface area contributed by atoms with Gasteiger partial charge in [-0.05, 0) is 27.7 Å². The van der Waals surface area contributed by atoms with Crippen molar-refractivity contribution in [1.29, 1.82) is 0 Å². The lowest BCUT2D eigenvalue weighted by Crippen LogP contribution is -2.40. The Morgan fingerprint density at radius 1 is 1.44 bits per heavy atom. The van der Waals surface area contributed by atoms with E-state index in [2.05, 4.69) is 5.16 Å². The van der Waals surface area contributed by atoms with Crippen LogP contribution >= 0.6 is 0 Å². The average Bonchev–Trinajstić information content (AvgIpc) is 2.54. The van der Waals surface area contributed by atoms with Gasteiger partial charge in [-0.25, -0.2) is 8.42 Å². The molecule has 102 valence electrons. The molecule has 18 heavy (non-hydrogen) atoms. The van der Waals surface area contributed by atoms with Crippen molar-refractivity contribution < 1.29 is 22.8 Å². The van der Waals surface area contributed by atoms with Crippen LogP contribution in [0.4, 0.5) is 0 Å². The second kappa shape index (κ2) is 5.07. The highest BCUT2D eigenvalue weighted by molar-refractivity contribution is 7.89. The molecule has 0 atom stereocenters. The summed E-state index contributed by atoms with van der Waals surface area (Å²) in [6.45, 7) is 5.61. The van der Waals surface area contributed by atoms with Gasteiger partial charge in [0.05, 0.1) is 0 Å². The van der Waals surface area contributed by atoms with E-state index >= 15 is 0 Å². The van der Waals surface area contributed by atoms with E-state index in [9.17, 15) is 13.2 Å². The summed E-state index contributed by atoms with van der Waals surface area (Å²) in [5, 5.41) is 12.4. The van der Waals surface area contributed by atoms with Crippen LogP contribution in [0.3, 0.4) is 0 Å². The fourth-order valence-electron chi connectivity index (χ4n) is 1.64. The summed E-state index contributed by atoms with van der Waals surface area (Å²) >= 11 is 0. The Labute approximate surface area is 105 Å². The quantitative estimate of drug-likeness (QED) is 0.852. The predicted molar refractivity (Wildman–Crippen MR) is 62.6 cm³/mol. The van der Waals surface area contributed by atoms with Crippen molar-refractivity contribution in [2.24, 2.45) is 0 Å². The van der Waals surface area contributed by atoms with Gasteiger partial charge in [0.15, 0.2) is 5.76 Å². The summed E-state index contributed by atoms with van der Waals surface area (Å²) < 4.78 is 30.5. The van der Waals surface area contributed by atoms with E-state index in [-0.39, 0.29) is 16.3 Å². The van der Waals surface area contributed by atoms with Gasteiger partial charge in [-0.3, -0.25) is 4.79 Å². The van der Waals surface area contributed by atoms with Gasteiger partial charge in [0.1, 0.15) is 17.1 Å². The van der Waals surface area contributed by atoms with Crippen molar-refractivity contribution in [2.45, 2.75) is 38.6 Å². The molecule has 0 saturated heterocycles. The second-order valence-corrected chi connectivity index (χ2v) is 6.02. The Morgan fingerprint density at radius 2 is 2.00 bits per heavy atom. The van der Waals surface area contributed by atoms with Gasteiger partial charge in [-0.2, -0.15) is 4.31 Å². The van der Waals surface area contributed by atoms with Gasteiger partial charge in [-0.1, -0.05) is 5.16 Å². The van der Waals surface area contributed by atoms with E-state index in [1.54, 1.807) is 13.8 Å². The molecule has 0 saturated carbocycles. The van der Waals surface area contributed by atoms with E-state index in [1.165, 1.54) is 13.8 Å². The summed E-state index contributed by atoms with van der Waals surface area (Å²) in [6.07, 6.45) is 0. The van der Waals surface area contributed by atoms with E-state index in [0.717, 1.165) is 4.31 Å². The third-order valence-corrected chi connectivity index (χ3v) is 4.67. The van der Waals surface area contributed by atoms with Crippen LogP contribution in [0.15, 0.2) is 9.42 Å². The molecular weight excluding hydrogens is 260 g/mol. The third kappa shape index (κ3) is 2.70. The normalized spacial score (nSPS) is 12.3. The predicted octanol–water partition coefficient (Wildman–Crippen LogP) is 0.775. The summed E-state index contributed by atoms with van der Waals surface area (Å²) in [5.41, 5.74) is 0.225. The number of hydrogen-bond acceptors (Lipinski definition) is 5. The summed E-state index contributed by atoms with van der Waals surface area (Å²) in [6, 6.07) is -0.472. The molecule has 8 heteroatoms. The van der Waals surface area contributed by atoms with Crippen LogP contribution in [0.25, 0.3) is 0 Å². The number of aromatic nitrogens is 1. The van der Waals surface area contributed by atoms with Gasteiger partial charge in [-0.15, -0.1) is 0 Å². The SMILES string of the molecule is Cc1noc(C)c1S(=O)(=O)N(CC(=O)O)C(C)C. The maximum atomic E-state index is 12.4. The zero-order valence-electron chi connectivity index (χ0n) is 10.7. The molecule has 1 N–H and O–H groups in total. The lowest BCUT2D eigenvalue weighted by molar-refractivity contribution is -0.137. The maximum absolute atomic E-state index is 12.4. The highest BCUT2D eigenvalue weighted by atomic mass is 32.2. The highest BCUT2D eigenvalue weighted by Gasteiger charge is 2.33. The number of nitrogens with zero attached hydrogens (tertiary/aromatic N) is 2. The van der Waals surface area contributed by atoms with Crippen molar-refractivity contribution in [2.75, 3.05) is 6.54 Å². The molecule has 1 aromatic heterocycles. The maximum Gasteiger partial charge on any atom is 0.318 e. The minimum Gasteiger partial charge on any atom is -0.480 e. The number of hydrogen-bond donors (Lipinski definition) is 1. The first-order chi connectivity index (χ1) is 8.17. The Bertz CT molecular complexity index is 527. The largest absolute Gasteiger partial charge is 0.480 e. The minimum atomic E-state index is -3.92. The number of carbonyl (C=O) groups is 1. The van der Waals surface area contributed by atoms with Crippen molar-refractivity contribution >= 4 is 16.0 Å². The van der Waals surface area contributed by atoms with Crippen LogP contribution in [0.1, 0.15) is 25.3 Å². The molecular formula is C10H16N2O5S. The standard InChI is InChI=1S/C10H16N2O5S/c1-6(2)12(5-9(13)14)18(15,16)10-7(3)11-17-8(10)4/h6H,5H2,1-4H3,(H,13,14). The van der Waals surface area contributed by atoms with Crippen LogP contribution in [0.2, 0.25) is 0 Å². The molecule has 1 heterocycles. The minimum absolute atomic E-state index is 0.0579. The number of rotatable bonds is 5. The molecule has 0 amide bonds. The van der Waals surface area contributed by atoms with Gasteiger partial charge in [0, 0.05) is 6.04 Å². The van der Waals surface area contributed by atoms with E-state index in [1.807, 2.05) is 0 Å². The number of aryl methyl sites for hydroxylation is 2. The molecule has 0 fully saturated rings. The molecule has 0 bridgehead atoms. The van der Waals surface area contributed by atoms with Gasteiger partial charge >= 0.3 is 5.97 Å². The van der Waals surface area contributed by atoms with Crippen molar-refractivity contribution in [1.82, 2.24) is 9.46 Å². The second-order valence-electron chi connectivity index (χ2n) is 4.19. The zero-order chi connectivity index (χ0) is 14.1. The first-order valence-electron chi connectivity index (χ1n) is 5.34. The molecule has 0 aliphatic heterocycles. The van der Waals surface area contributed by atoms with Gasteiger partial charge < -0.3 is 9.63 Å². The van der Waals surface area contributed by atoms with Crippen LogP contribution in [0, 0.1) is 13.8 Å². The Hall–Kier alpha value is -1.41. The smallest absolute Gasteiger partial charge is 0.318 e. The van der Waals surface area contributed by atoms with E-state index in [4.69, 9.17) is 9.63 Å². The van der Waals surface area contributed by atoms with Crippen LogP contribution in [0.5, 0.6) is 0 Å². The Balaban J connectivity index is 3.30. The molecule has 7 nitrogen and oxygen atoms in total. The van der Waals surface area contributed by atoms with Gasteiger partial charge in [0.2, 0.25) is 10.0 Å². The first-order valence-corrected chi connectivity index (χ1v) is 6.78. The molecule has 1 aromatic rings. The molecule has 0 aromatic carbocycles. The van der Waals surface area contributed by atoms with E-state index < -0.39 is 28.6 Å². The van der Waals surface area contributed by atoms with E-state index in [0.29, 0.717) is 0 Å². The third-order valence-electron chi connectivity index (χ3n) is 2.40. The number of sulfonamides is 1. The molecule has 0 radical (unpaired) electrons. The summed E-state index contributed by atoms with van der Waals surface area (Å²) in [7, 11) is -3.92. The van der Waals surface area contributed by atoms with Crippen LogP contribution in [-0.4, -0.2) is 41.5 Å². The van der Waals surface area contributed by atoms with Crippen molar-refractivity contribution in [3.8, 4) is 0 Å². The number of aliphatic carboxylic acids is 1. The first kappa shape index (κ1) is 14.7. The molecule has 0 aliphatic carbocycles. The topological polar surface area (TPSA) is 101 Å². The Morgan fingerprint density at radius 3 is 2.33 bits per heavy atom. The van der Waals surface area contributed by atoms with Crippen molar-refractivity contribution in [3.63, 3.8) is 0 Å². The summed E-state index contributed by atoms with van der Waals surface area (Å²) in [4.78, 5) is 10.7. The van der Waals surface area contributed by atoms with Crippen molar-refractivity contribution in [3.05, 3.63) is 11.5 Å². The summed E-state index contributed by atoms with van der Waals surface area (Å²) in [5.74, 6) is -1.05. The fraction of sp³-hybridized carbons (Fsp3) is 0.600. The monoisotopic (exact) mass is 276 g/mol. The highest BCUT2D eigenvalue weighted by Crippen LogP contribution is 2.24. The average molecular weight is 276 g/mol. The van der Waals surface area contributed by atoms with Crippen LogP contribution < -0.4 is 0 Å². The fourth-order valence-corrected chi connectivity index (χ4v) is 3.52. The molecule has 0 aliphatic rings. The Kier molecular flexibility index (Phi) is 4.12. The molecule has 0 unspecified atom stereocenters. The van der Waals surface area contributed by atoms with Crippen LogP contribution in [-0.2, 0) is 14.8 Å². The number of carboxylic acid groups (broad SMARTS) is 1. The lowest BCUT2D eigenvalue weighted by Gasteiger charge is -2.23. The number of carboxylic acids is 1. The lowest BCUT2D eigenvalue weighted by atomic mass is 10.4.